The van der Waals surface area contributed by atoms with Gasteiger partial charge in [0.2, 0.25) is 0 Å². The largest absolute Gasteiger partial charge is 0.322 e. The number of anilines is 1. The van der Waals surface area contributed by atoms with Crippen LogP contribution in [0.15, 0.2) is 42.6 Å². The number of aromatic nitrogens is 2. The van der Waals surface area contributed by atoms with Crippen molar-refractivity contribution in [2.75, 3.05) is 5.32 Å². The Morgan fingerprint density at radius 2 is 2.05 bits per heavy atom. The fourth-order valence-corrected chi connectivity index (χ4v) is 2.73. The number of fused-ring (bicyclic) bond motifs is 2. The van der Waals surface area contributed by atoms with Crippen molar-refractivity contribution in [1.82, 2.24) is 15.5 Å². The maximum Gasteiger partial charge on any atom is 0.257 e. The van der Waals surface area contributed by atoms with Gasteiger partial charge in [0.25, 0.3) is 5.91 Å². The quantitative estimate of drug-likeness (QED) is 0.674. The van der Waals surface area contributed by atoms with Gasteiger partial charge in [-0.25, -0.2) is 0 Å². The molecule has 1 aromatic heterocycles. The molecular formula is C16H14N4O. The first-order chi connectivity index (χ1) is 10.3. The Bertz CT molecular complexity index is 837. The van der Waals surface area contributed by atoms with E-state index in [0.29, 0.717) is 5.56 Å². The van der Waals surface area contributed by atoms with Gasteiger partial charge in [-0.1, -0.05) is 18.2 Å². The van der Waals surface area contributed by atoms with E-state index in [1.165, 1.54) is 11.1 Å². The number of para-hydroxylation sites is 1. The number of rotatable bonds is 2. The van der Waals surface area contributed by atoms with Crippen LogP contribution in [0, 0.1) is 0 Å². The van der Waals surface area contributed by atoms with Gasteiger partial charge in [0.1, 0.15) is 0 Å². The van der Waals surface area contributed by atoms with Crippen molar-refractivity contribution in [1.29, 1.82) is 0 Å². The summed E-state index contributed by atoms with van der Waals surface area (Å²) in [4.78, 5) is 12.5. The zero-order chi connectivity index (χ0) is 14.2. The van der Waals surface area contributed by atoms with E-state index in [2.05, 4.69) is 26.9 Å². The molecule has 0 saturated heterocycles. The molecule has 0 atom stereocenters. The van der Waals surface area contributed by atoms with Gasteiger partial charge in [-0.3, -0.25) is 9.89 Å². The van der Waals surface area contributed by atoms with Gasteiger partial charge in [0, 0.05) is 24.2 Å². The van der Waals surface area contributed by atoms with Gasteiger partial charge in [-0.05, 0) is 29.3 Å². The first-order valence-electron chi connectivity index (χ1n) is 6.87. The summed E-state index contributed by atoms with van der Waals surface area (Å²) in [5, 5.41) is 14.0. The van der Waals surface area contributed by atoms with Gasteiger partial charge in [-0.15, -0.1) is 0 Å². The Morgan fingerprint density at radius 3 is 3.00 bits per heavy atom. The molecular weight excluding hydrogens is 264 g/mol. The van der Waals surface area contributed by atoms with Crippen molar-refractivity contribution in [2.45, 2.75) is 13.1 Å². The smallest absolute Gasteiger partial charge is 0.257 e. The van der Waals surface area contributed by atoms with E-state index in [1.807, 2.05) is 24.3 Å². The molecule has 0 radical (unpaired) electrons. The monoisotopic (exact) mass is 278 g/mol. The number of hydrogen-bond donors (Lipinski definition) is 3. The third-order valence-corrected chi connectivity index (χ3v) is 3.82. The maximum absolute atomic E-state index is 12.5. The standard InChI is InChI=1S/C16H14N4O/c21-16(14-3-1-2-11-9-18-20-15(11)14)19-13-5-4-10-7-17-8-12(10)6-13/h1-6,9,17H,7-8H2,(H,18,20)(H,19,21). The number of carbonyl (C=O) groups excluding carboxylic acids is 1. The Kier molecular flexibility index (Phi) is 2.72. The average molecular weight is 278 g/mol. The molecule has 104 valence electrons. The summed E-state index contributed by atoms with van der Waals surface area (Å²) in [6.45, 7) is 1.76. The van der Waals surface area contributed by atoms with E-state index in [1.54, 1.807) is 12.3 Å². The second-order valence-electron chi connectivity index (χ2n) is 5.18. The lowest BCUT2D eigenvalue weighted by atomic mass is 10.1. The van der Waals surface area contributed by atoms with E-state index >= 15 is 0 Å². The predicted molar refractivity (Wildman–Crippen MR) is 81.0 cm³/mol. The van der Waals surface area contributed by atoms with Crippen LogP contribution in [0.25, 0.3) is 10.9 Å². The minimum atomic E-state index is -0.129. The van der Waals surface area contributed by atoms with Gasteiger partial charge in [-0.2, -0.15) is 5.10 Å². The fraction of sp³-hybridized carbons (Fsp3) is 0.125. The van der Waals surface area contributed by atoms with Crippen molar-refractivity contribution in [3.63, 3.8) is 0 Å². The highest BCUT2D eigenvalue weighted by Crippen LogP contribution is 2.22. The van der Waals surface area contributed by atoms with E-state index in [9.17, 15) is 4.79 Å². The molecule has 5 nitrogen and oxygen atoms in total. The normalized spacial score (nSPS) is 13.3. The zero-order valence-corrected chi connectivity index (χ0v) is 11.3. The van der Waals surface area contributed by atoms with Crippen LogP contribution in [0.5, 0.6) is 0 Å². The molecule has 1 aliphatic heterocycles. The van der Waals surface area contributed by atoms with E-state index in [4.69, 9.17) is 0 Å². The number of H-pyrrole nitrogens is 1. The molecule has 0 aliphatic carbocycles. The van der Waals surface area contributed by atoms with E-state index in [-0.39, 0.29) is 5.91 Å². The molecule has 1 amide bonds. The van der Waals surface area contributed by atoms with Crippen molar-refractivity contribution in [2.24, 2.45) is 0 Å². The molecule has 2 aromatic carbocycles. The molecule has 1 aliphatic rings. The molecule has 4 rings (SSSR count). The van der Waals surface area contributed by atoms with Gasteiger partial charge >= 0.3 is 0 Å². The lowest BCUT2D eigenvalue weighted by molar-refractivity contribution is 0.102. The highest BCUT2D eigenvalue weighted by Gasteiger charge is 2.14. The van der Waals surface area contributed by atoms with Crippen LogP contribution in [0.4, 0.5) is 5.69 Å². The molecule has 3 aromatic rings. The van der Waals surface area contributed by atoms with E-state index < -0.39 is 0 Å². The molecule has 0 saturated carbocycles. The van der Waals surface area contributed by atoms with Crippen molar-refractivity contribution in [3.05, 3.63) is 59.3 Å². The topological polar surface area (TPSA) is 69.8 Å². The van der Waals surface area contributed by atoms with Crippen LogP contribution in [0.3, 0.4) is 0 Å². The summed E-state index contributed by atoms with van der Waals surface area (Å²) in [5.41, 5.74) is 4.72. The third-order valence-electron chi connectivity index (χ3n) is 3.82. The Hall–Kier alpha value is -2.66. The first-order valence-corrected chi connectivity index (χ1v) is 6.87. The Labute approximate surface area is 121 Å². The average Bonchev–Trinajstić information content (AvgIpc) is 3.14. The van der Waals surface area contributed by atoms with Crippen molar-refractivity contribution in [3.8, 4) is 0 Å². The number of nitrogens with zero attached hydrogens (tertiary/aromatic N) is 1. The lowest BCUT2D eigenvalue weighted by Crippen LogP contribution is -2.12. The van der Waals surface area contributed by atoms with Gasteiger partial charge < -0.3 is 10.6 Å². The summed E-state index contributed by atoms with van der Waals surface area (Å²) in [6, 6.07) is 11.6. The first kappa shape index (κ1) is 12.1. The third kappa shape index (κ3) is 2.08. The molecule has 2 heterocycles. The van der Waals surface area contributed by atoms with Crippen LogP contribution >= 0.6 is 0 Å². The molecule has 5 heteroatoms. The summed E-state index contributed by atoms with van der Waals surface area (Å²) in [5.74, 6) is -0.129. The molecule has 0 spiro atoms. The summed E-state index contributed by atoms with van der Waals surface area (Å²) >= 11 is 0. The predicted octanol–water partition coefficient (Wildman–Crippen LogP) is 2.42. The van der Waals surface area contributed by atoms with Crippen LogP contribution in [0.1, 0.15) is 21.5 Å². The van der Waals surface area contributed by atoms with Crippen LogP contribution in [0.2, 0.25) is 0 Å². The SMILES string of the molecule is O=C(Nc1ccc2c(c1)CNC2)c1cccc2cn[nH]c12. The van der Waals surface area contributed by atoms with Crippen molar-refractivity contribution < 1.29 is 4.79 Å². The number of aromatic amines is 1. The van der Waals surface area contributed by atoms with Crippen LogP contribution in [-0.4, -0.2) is 16.1 Å². The number of amides is 1. The zero-order valence-electron chi connectivity index (χ0n) is 11.3. The fourth-order valence-electron chi connectivity index (χ4n) is 2.73. The van der Waals surface area contributed by atoms with Crippen LogP contribution < -0.4 is 10.6 Å². The number of carbonyl (C=O) groups is 1. The highest BCUT2D eigenvalue weighted by molar-refractivity contribution is 6.11. The highest BCUT2D eigenvalue weighted by atomic mass is 16.1. The second-order valence-corrected chi connectivity index (χ2v) is 5.18. The number of benzene rings is 2. The second kappa shape index (κ2) is 4.71. The lowest BCUT2D eigenvalue weighted by Gasteiger charge is -2.08. The molecule has 3 N–H and O–H groups in total. The summed E-state index contributed by atoms with van der Waals surface area (Å²) < 4.78 is 0. The van der Waals surface area contributed by atoms with Crippen LogP contribution in [-0.2, 0) is 13.1 Å². The molecule has 21 heavy (non-hydrogen) atoms. The Morgan fingerprint density at radius 1 is 1.14 bits per heavy atom. The maximum atomic E-state index is 12.5. The molecule has 0 bridgehead atoms. The van der Waals surface area contributed by atoms with Gasteiger partial charge in [0.05, 0.1) is 17.3 Å². The minimum Gasteiger partial charge on any atom is -0.322 e. The summed E-state index contributed by atoms with van der Waals surface area (Å²) in [6.07, 6.45) is 1.72. The molecule has 0 unspecified atom stereocenters. The van der Waals surface area contributed by atoms with Crippen molar-refractivity contribution >= 4 is 22.5 Å². The number of hydrogen-bond acceptors (Lipinski definition) is 3. The Balaban J connectivity index is 1.65. The molecule has 0 fully saturated rings. The van der Waals surface area contributed by atoms with Gasteiger partial charge in [0.15, 0.2) is 0 Å². The van der Waals surface area contributed by atoms with E-state index in [0.717, 1.165) is 29.7 Å². The number of nitrogens with one attached hydrogen (secondary N) is 3. The summed E-state index contributed by atoms with van der Waals surface area (Å²) in [7, 11) is 0. The minimum absolute atomic E-state index is 0.129.